The molecule has 2 rings (SSSR count). The molecule has 0 aliphatic heterocycles. The highest BCUT2D eigenvalue weighted by Gasteiger charge is 2.11. The van der Waals surface area contributed by atoms with Gasteiger partial charge in [0.25, 0.3) is 0 Å². The molecule has 0 saturated heterocycles. The monoisotopic (exact) mass is 257 g/mol. The van der Waals surface area contributed by atoms with E-state index < -0.39 is 0 Å². The zero-order chi connectivity index (χ0) is 13.7. The maximum atomic E-state index is 9.94. The van der Waals surface area contributed by atoms with E-state index in [4.69, 9.17) is 14.4 Å². The summed E-state index contributed by atoms with van der Waals surface area (Å²) in [4.78, 5) is 0. The van der Waals surface area contributed by atoms with Gasteiger partial charge in [-0.15, -0.1) is 0 Å². The molecule has 1 heterocycles. The van der Waals surface area contributed by atoms with E-state index in [1.807, 2.05) is 12.1 Å². The summed E-state index contributed by atoms with van der Waals surface area (Å²) in [6, 6.07) is 9.03. The van der Waals surface area contributed by atoms with E-state index in [1.54, 1.807) is 12.3 Å². The molecule has 0 bridgehead atoms. The van der Waals surface area contributed by atoms with Crippen molar-refractivity contribution in [2.75, 3.05) is 7.11 Å². The summed E-state index contributed by atoms with van der Waals surface area (Å²) >= 11 is 0. The van der Waals surface area contributed by atoms with Crippen LogP contribution in [0.5, 0.6) is 11.5 Å². The number of nitrogens with zero attached hydrogens (tertiary/aromatic N) is 1. The first-order valence-electron chi connectivity index (χ1n) is 6.07. The number of nitriles is 1. The van der Waals surface area contributed by atoms with Crippen LogP contribution in [0.3, 0.4) is 0 Å². The summed E-state index contributed by atoms with van der Waals surface area (Å²) in [7, 11) is 1.51. The van der Waals surface area contributed by atoms with Crippen molar-refractivity contribution >= 4 is 0 Å². The molecule has 0 saturated carbocycles. The molecule has 4 heteroatoms. The topological polar surface area (TPSA) is 66.4 Å². The molecule has 0 amide bonds. The number of furan rings is 1. The molecule has 19 heavy (non-hydrogen) atoms. The van der Waals surface area contributed by atoms with Crippen molar-refractivity contribution in [3.63, 3.8) is 0 Å². The second-order valence-corrected chi connectivity index (χ2v) is 4.22. The van der Waals surface area contributed by atoms with Crippen LogP contribution in [-0.4, -0.2) is 12.2 Å². The maximum Gasteiger partial charge on any atom is 0.123 e. The number of hydrogen-bond donors (Lipinski definition) is 1. The van der Waals surface area contributed by atoms with Crippen molar-refractivity contribution < 1.29 is 14.3 Å². The van der Waals surface area contributed by atoms with E-state index in [2.05, 4.69) is 6.07 Å². The number of aromatic hydroxyl groups is 1. The largest absolute Gasteiger partial charge is 0.507 e. The number of phenols is 1. The molecule has 0 unspecified atom stereocenters. The van der Waals surface area contributed by atoms with Gasteiger partial charge < -0.3 is 14.3 Å². The zero-order valence-electron chi connectivity index (χ0n) is 10.7. The van der Waals surface area contributed by atoms with Crippen molar-refractivity contribution in [3.05, 3.63) is 47.4 Å². The second kappa shape index (κ2) is 5.96. The summed E-state index contributed by atoms with van der Waals surface area (Å²) in [5.41, 5.74) is 1.12. The first kappa shape index (κ1) is 13.0. The highest BCUT2D eigenvalue weighted by Crippen LogP contribution is 2.28. The SMILES string of the molecule is COc1cc(O)c(CCCc2ccco2)c(C#N)c1. The number of rotatable bonds is 5. The highest BCUT2D eigenvalue weighted by atomic mass is 16.5. The molecule has 0 radical (unpaired) electrons. The Morgan fingerprint density at radius 3 is 2.84 bits per heavy atom. The van der Waals surface area contributed by atoms with Gasteiger partial charge >= 0.3 is 0 Å². The number of aryl methyl sites for hydroxylation is 1. The average Bonchev–Trinajstić information content (AvgIpc) is 2.93. The van der Waals surface area contributed by atoms with E-state index in [-0.39, 0.29) is 5.75 Å². The number of methoxy groups -OCH3 is 1. The van der Waals surface area contributed by atoms with Gasteiger partial charge in [0.15, 0.2) is 0 Å². The lowest BCUT2D eigenvalue weighted by atomic mass is 10.0. The van der Waals surface area contributed by atoms with E-state index in [1.165, 1.54) is 13.2 Å². The molecule has 2 aromatic rings. The summed E-state index contributed by atoms with van der Waals surface area (Å²) in [6.45, 7) is 0. The van der Waals surface area contributed by atoms with E-state index >= 15 is 0 Å². The molecule has 98 valence electrons. The van der Waals surface area contributed by atoms with Gasteiger partial charge in [0, 0.05) is 18.1 Å². The van der Waals surface area contributed by atoms with Crippen molar-refractivity contribution in [3.8, 4) is 17.6 Å². The lowest BCUT2D eigenvalue weighted by Gasteiger charge is -2.09. The van der Waals surface area contributed by atoms with E-state index in [9.17, 15) is 5.11 Å². The van der Waals surface area contributed by atoms with Gasteiger partial charge in [-0.2, -0.15) is 5.26 Å². The molecule has 0 spiro atoms. The number of hydrogen-bond acceptors (Lipinski definition) is 4. The van der Waals surface area contributed by atoms with Crippen molar-refractivity contribution in [1.29, 1.82) is 5.26 Å². The Kier molecular flexibility index (Phi) is 4.09. The minimum absolute atomic E-state index is 0.107. The third-order valence-electron chi connectivity index (χ3n) is 2.99. The van der Waals surface area contributed by atoms with Gasteiger partial charge in [0.2, 0.25) is 0 Å². The van der Waals surface area contributed by atoms with E-state index in [0.29, 0.717) is 23.3 Å². The molecule has 4 nitrogen and oxygen atoms in total. The predicted octanol–water partition coefficient (Wildman–Crippen LogP) is 3.04. The van der Waals surface area contributed by atoms with Gasteiger partial charge in [-0.25, -0.2) is 0 Å². The third-order valence-corrected chi connectivity index (χ3v) is 2.99. The normalized spacial score (nSPS) is 10.1. The van der Waals surface area contributed by atoms with Crippen molar-refractivity contribution in [1.82, 2.24) is 0 Å². The number of benzene rings is 1. The van der Waals surface area contributed by atoms with Crippen LogP contribution in [0, 0.1) is 11.3 Å². The smallest absolute Gasteiger partial charge is 0.123 e. The van der Waals surface area contributed by atoms with Crippen LogP contribution >= 0.6 is 0 Å². The first-order chi connectivity index (χ1) is 9.24. The average molecular weight is 257 g/mol. The number of ether oxygens (including phenoxy) is 1. The Balaban J connectivity index is 2.09. The summed E-state index contributed by atoms with van der Waals surface area (Å²) in [6.07, 6.45) is 3.85. The minimum Gasteiger partial charge on any atom is -0.507 e. The Morgan fingerprint density at radius 1 is 1.37 bits per heavy atom. The molecule has 0 aliphatic carbocycles. The van der Waals surface area contributed by atoms with Crippen LogP contribution in [0.15, 0.2) is 34.9 Å². The van der Waals surface area contributed by atoms with Crippen molar-refractivity contribution in [2.24, 2.45) is 0 Å². The fourth-order valence-corrected chi connectivity index (χ4v) is 2.01. The van der Waals surface area contributed by atoms with E-state index in [0.717, 1.165) is 18.6 Å². The standard InChI is InChI=1S/C15H15NO3/c1-18-13-8-11(10-16)14(15(17)9-13)6-2-4-12-5-3-7-19-12/h3,5,7-9,17H,2,4,6H2,1H3. The molecule has 0 fully saturated rings. The Morgan fingerprint density at radius 2 is 2.21 bits per heavy atom. The molecular weight excluding hydrogens is 242 g/mol. The zero-order valence-corrected chi connectivity index (χ0v) is 10.7. The third kappa shape index (κ3) is 3.08. The fourth-order valence-electron chi connectivity index (χ4n) is 2.01. The fraction of sp³-hybridized carbons (Fsp3) is 0.267. The molecule has 1 aromatic heterocycles. The Hall–Kier alpha value is -2.41. The molecular formula is C15H15NO3. The molecule has 0 aliphatic rings. The van der Waals surface area contributed by atoms with Crippen LogP contribution in [0.4, 0.5) is 0 Å². The minimum atomic E-state index is 0.107. The quantitative estimate of drug-likeness (QED) is 0.894. The number of phenolic OH excluding ortho intramolecular Hbond substituents is 1. The van der Waals surface area contributed by atoms with Crippen LogP contribution in [0.2, 0.25) is 0 Å². The molecule has 1 aromatic carbocycles. The van der Waals surface area contributed by atoms with Gasteiger partial charge in [0.05, 0.1) is 25.0 Å². The van der Waals surface area contributed by atoms with Gasteiger partial charge in [-0.3, -0.25) is 0 Å². The van der Waals surface area contributed by atoms with Gasteiger partial charge in [-0.05, 0) is 31.0 Å². The first-order valence-corrected chi connectivity index (χ1v) is 6.07. The summed E-state index contributed by atoms with van der Waals surface area (Å²) in [5.74, 6) is 1.51. The molecule has 0 atom stereocenters. The molecule has 1 N–H and O–H groups in total. The Bertz CT molecular complexity index is 582. The maximum absolute atomic E-state index is 9.94. The van der Waals surface area contributed by atoms with Gasteiger partial charge in [-0.1, -0.05) is 0 Å². The lowest BCUT2D eigenvalue weighted by molar-refractivity contribution is 0.406. The highest BCUT2D eigenvalue weighted by molar-refractivity contribution is 5.51. The van der Waals surface area contributed by atoms with Gasteiger partial charge in [0.1, 0.15) is 17.3 Å². The van der Waals surface area contributed by atoms with Crippen molar-refractivity contribution in [2.45, 2.75) is 19.3 Å². The van der Waals surface area contributed by atoms with Crippen LogP contribution in [0.1, 0.15) is 23.3 Å². The second-order valence-electron chi connectivity index (χ2n) is 4.22. The summed E-state index contributed by atoms with van der Waals surface area (Å²) < 4.78 is 10.3. The summed E-state index contributed by atoms with van der Waals surface area (Å²) in [5, 5.41) is 19.0. The van der Waals surface area contributed by atoms with Crippen LogP contribution in [0.25, 0.3) is 0 Å². The lowest BCUT2D eigenvalue weighted by Crippen LogP contribution is -1.95. The predicted molar refractivity (Wildman–Crippen MR) is 70.1 cm³/mol. The van der Waals surface area contributed by atoms with Crippen LogP contribution < -0.4 is 4.74 Å². The van der Waals surface area contributed by atoms with Crippen LogP contribution in [-0.2, 0) is 12.8 Å². The Labute approximate surface area is 111 Å².